The summed E-state index contributed by atoms with van der Waals surface area (Å²) in [6.07, 6.45) is 0.985. The average molecular weight is 266 g/mol. The van der Waals surface area contributed by atoms with Crippen molar-refractivity contribution in [3.05, 3.63) is 23.8 Å². The molecule has 5 heteroatoms. The maximum Gasteiger partial charge on any atom is 0.492 e. The van der Waals surface area contributed by atoms with Gasteiger partial charge in [-0.2, -0.15) is 0 Å². The van der Waals surface area contributed by atoms with Gasteiger partial charge in [-0.3, -0.25) is 0 Å². The third kappa shape index (κ3) is 5.64. The van der Waals surface area contributed by atoms with Crippen molar-refractivity contribution in [3.63, 3.8) is 0 Å². The fourth-order valence-electron chi connectivity index (χ4n) is 1.64. The lowest BCUT2D eigenvalue weighted by atomic mass is 9.79. The predicted octanol–water partition coefficient (Wildman–Crippen LogP) is 1.33. The number of methoxy groups -OCH3 is 1. The quantitative estimate of drug-likeness (QED) is 0.602. The van der Waals surface area contributed by atoms with Gasteiger partial charge < -0.3 is 19.5 Å². The van der Waals surface area contributed by atoms with Gasteiger partial charge in [0.05, 0.1) is 13.7 Å². The van der Waals surface area contributed by atoms with E-state index in [1.54, 1.807) is 12.1 Å². The normalized spacial score (nSPS) is 11.5. The van der Waals surface area contributed by atoms with E-state index in [2.05, 4.69) is 20.8 Å². The minimum absolute atomic E-state index is 0.256. The molecule has 0 aliphatic heterocycles. The molecular weight excluding hydrogens is 243 g/mol. The Hall–Kier alpha value is -1.04. The number of rotatable bonds is 6. The third-order valence-corrected chi connectivity index (χ3v) is 2.84. The summed E-state index contributed by atoms with van der Waals surface area (Å²) in [6.45, 7) is 7.66. The summed E-state index contributed by atoms with van der Waals surface area (Å²) in [7, 11) is -0.0368. The van der Waals surface area contributed by atoms with Crippen molar-refractivity contribution < 1.29 is 19.5 Å². The molecule has 0 unspecified atom stereocenters. The van der Waals surface area contributed by atoms with Crippen molar-refractivity contribution in [1.29, 1.82) is 0 Å². The Bertz CT molecular complexity index is 399. The van der Waals surface area contributed by atoms with E-state index in [4.69, 9.17) is 9.47 Å². The van der Waals surface area contributed by atoms with Crippen LogP contribution >= 0.6 is 0 Å². The summed E-state index contributed by atoms with van der Waals surface area (Å²) < 4.78 is 10.7. The van der Waals surface area contributed by atoms with Gasteiger partial charge in [0.2, 0.25) is 0 Å². The average Bonchev–Trinajstić information content (AvgIpc) is 2.33. The summed E-state index contributed by atoms with van der Waals surface area (Å²) in [6, 6.07) is 5.28. The van der Waals surface area contributed by atoms with Gasteiger partial charge in [0.15, 0.2) is 0 Å². The standard InChI is InChI=1S/C14H23BO4/c1-14(2,3)7-8-19-10-11-5-6-13(18-4)12(9-11)15(16)17/h5-6,9,16-17H,7-8,10H2,1-4H3. The molecule has 0 heterocycles. The van der Waals surface area contributed by atoms with Gasteiger partial charge in [0, 0.05) is 12.1 Å². The zero-order valence-corrected chi connectivity index (χ0v) is 12.1. The summed E-state index contributed by atoms with van der Waals surface area (Å²) >= 11 is 0. The van der Waals surface area contributed by atoms with Crippen LogP contribution in [-0.4, -0.2) is 30.9 Å². The monoisotopic (exact) mass is 266 g/mol. The number of hydrogen-bond donors (Lipinski definition) is 2. The Morgan fingerprint density at radius 2 is 1.89 bits per heavy atom. The first-order chi connectivity index (χ1) is 8.83. The molecular formula is C14H23BO4. The van der Waals surface area contributed by atoms with E-state index >= 15 is 0 Å². The highest BCUT2D eigenvalue weighted by atomic mass is 16.5. The highest BCUT2D eigenvalue weighted by Gasteiger charge is 2.17. The second kappa shape index (κ2) is 6.94. The summed E-state index contributed by atoms with van der Waals surface area (Å²) in [5, 5.41) is 18.5. The Kier molecular flexibility index (Phi) is 5.85. The van der Waals surface area contributed by atoms with Crippen LogP contribution in [0.2, 0.25) is 0 Å². The van der Waals surface area contributed by atoms with Gasteiger partial charge in [-0.15, -0.1) is 0 Å². The van der Waals surface area contributed by atoms with Crippen LogP contribution in [0, 0.1) is 5.41 Å². The fraction of sp³-hybridized carbons (Fsp3) is 0.571. The minimum Gasteiger partial charge on any atom is -0.497 e. The van der Waals surface area contributed by atoms with Crippen LogP contribution in [-0.2, 0) is 11.3 Å². The molecule has 0 spiro atoms. The second-order valence-corrected chi connectivity index (χ2v) is 5.81. The van der Waals surface area contributed by atoms with Crippen LogP contribution < -0.4 is 10.2 Å². The Labute approximate surface area is 115 Å². The minimum atomic E-state index is -1.54. The largest absolute Gasteiger partial charge is 0.497 e. The van der Waals surface area contributed by atoms with Crippen LogP contribution in [0.25, 0.3) is 0 Å². The van der Waals surface area contributed by atoms with Crippen LogP contribution in [0.3, 0.4) is 0 Å². The Morgan fingerprint density at radius 3 is 2.42 bits per heavy atom. The summed E-state index contributed by atoms with van der Waals surface area (Å²) in [5.41, 5.74) is 1.52. The number of ether oxygens (including phenoxy) is 2. The van der Waals surface area contributed by atoms with Crippen molar-refractivity contribution in [2.45, 2.75) is 33.8 Å². The van der Waals surface area contributed by atoms with E-state index in [0.717, 1.165) is 12.0 Å². The molecule has 2 N–H and O–H groups in total. The molecule has 0 saturated heterocycles. The van der Waals surface area contributed by atoms with Crippen LogP contribution in [0.1, 0.15) is 32.8 Å². The molecule has 1 aromatic carbocycles. The predicted molar refractivity (Wildman–Crippen MR) is 76.5 cm³/mol. The molecule has 0 amide bonds. The topological polar surface area (TPSA) is 58.9 Å². The SMILES string of the molecule is COc1ccc(COCCC(C)(C)C)cc1B(O)O. The van der Waals surface area contributed by atoms with Crippen molar-refractivity contribution in [2.24, 2.45) is 5.41 Å². The van der Waals surface area contributed by atoms with Gasteiger partial charge in [0.25, 0.3) is 0 Å². The van der Waals surface area contributed by atoms with E-state index in [9.17, 15) is 10.0 Å². The highest BCUT2D eigenvalue weighted by molar-refractivity contribution is 6.59. The Morgan fingerprint density at radius 1 is 1.21 bits per heavy atom. The first kappa shape index (κ1) is 16.0. The molecule has 0 aromatic heterocycles. The van der Waals surface area contributed by atoms with Gasteiger partial charge in [0.1, 0.15) is 5.75 Å². The number of benzene rings is 1. The second-order valence-electron chi connectivity index (χ2n) is 5.81. The van der Waals surface area contributed by atoms with E-state index in [0.29, 0.717) is 24.4 Å². The first-order valence-corrected chi connectivity index (χ1v) is 6.44. The van der Waals surface area contributed by atoms with Gasteiger partial charge >= 0.3 is 7.12 Å². The van der Waals surface area contributed by atoms with Crippen molar-refractivity contribution in [2.75, 3.05) is 13.7 Å². The van der Waals surface area contributed by atoms with Gasteiger partial charge in [-0.25, -0.2) is 0 Å². The van der Waals surface area contributed by atoms with Crippen molar-refractivity contribution >= 4 is 12.6 Å². The molecule has 1 rings (SSSR count). The van der Waals surface area contributed by atoms with E-state index in [-0.39, 0.29) is 5.41 Å². The fourth-order valence-corrected chi connectivity index (χ4v) is 1.64. The van der Waals surface area contributed by atoms with Crippen LogP contribution in [0.15, 0.2) is 18.2 Å². The maximum absolute atomic E-state index is 9.27. The molecule has 0 atom stereocenters. The molecule has 19 heavy (non-hydrogen) atoms. The van der Waals surface area contributed by atoms with Gasteiger partial charge in [-0.05, 0) is 23.5 Å². The molecule has 0 aliphatic rings. The van der Waals surface area contributed by atoms with E-state index in [1.807, 2.05) is 6.07 Å². The maximum atomic E-state index is 9.27. The lowest BCUT2D eigenvalue weighted by Crippen LogP contribution is -2.31. The molecule has 0 bridgehead atoms. The van der Waals surface area contributed by atoms with Crippen LogP contribution in [0.5, 0.6) is 5.75 Å². The molecule has 0 radical (unpaired) electrons. The summed E-state index contributed by atoms with van der Waals surface area (Å²) in [5.74, 6) is 0.466. The zero-order valence-electron chi connectivity index (χ0n) is 12.1. The number of hydrogen-bond acceptors (Lipinski definition) is 4. The first-order valence-electron chi connectivity index (χ1n) is 6.44. The molecule has 0 saturated carbocycles. The van der Waals surface area contributed by atoms with Crippen molar-refractivity contribution in [3.8, 4) is 5.75 Å². The highest BCUT2D eigenvalue weighted by Crippen LogP contribution is 2.18. The van der Waals surface area contributed by atoms with E-state index in [1.165, 1.54) is 7.11 Å². The summed E-state index contributed by atoms with van der Waals surface area (Å²) in [4.78, 5) is 0. The smallest absolute Gasteiger partial charge is 0.492 e. The third-order valence-electron chi connectivity index (χ3n) is 2.84. The lowest BCUT2D eigenvalue weighted by molar-refractivity contribution is 0.0962. The molecule has 0 aliphatic carbocycles. The Balaban J connectivity index is 2.57. The lowest BCUT2D eigenvalue weighted by Gasteiger charge is -2.17. The van der Waals surface area contributed by atoms with Gasteiger partial charge in [-0.1, -0.05) is 32.9 Å². The zero-order chi connectivity index (χ0) is 14.5. The van der Waals surface area contributed by atoms with Crippen molar-refractivity contribution in [1.82, 2.24) is 0 Å². The molecule has 106 valence electrons. The molecule has 0 fully saturated rings. The van der Waals surface area contributed by atoms with E-state index < -0.39 is 7.12 Å². The molecule has 1 aromatic rings. The molecule has 4 nitrogen and oxygen atoms in total. The van der Waals surface area contributed by atoms with Crippen LogP contribution in [0.4, 0.5) is 0 Å².